The number of imidazole rings is 1. The highest BCUT2D eigenvalue weighted by molar-refractivity contribution is 7.99. The molecule has 3 aromatic rings. The minimum Gasteiger partial charge on any atom is -0.324 e. The van der Waals surface area contributed by atoms with Gasteiger partial charge in [-0.25, -0.2) is 4.98 Å². The van der Waals surface area contributed by atoms with E-state index in [0.29, 0.717) is 5.16 Å². The van der Waals surface area contributed by atoms with Gasteiger partial charge in [0.2, 0.25) is 5.91 Å². The third-order valence-corrected chi connectivity index (χ3v) is 6.29. The normalized spacial score (nSPS) is 13.7. The van der Waals surface area contributed by atoms with Crippen LogP contribution in [0.15, 0.2) is 53.7 Å². The van der Waals surface area contributed by atoms with Crippen molar-refractivity contribution in [2.75, 3.05) is 11.1 Å². The van der Waals surface area contributed by atoms with Crippen molar-refractivity contribution in [1.29, 1.82) is 0 Å². The summed E-state index contributed by atoms with van der Waals surface area (Å²) in [5.41, 5.74) is 1.70. The van der Waals surface area contributed by atoms with Crippen LogP contribution in [0.2, 0.25) is 5.02 Å². The molecule has 0 radical (unpaired) electrons. The van der Waals surface area contributed by atoms with Gasteiger partial charge in [0.1, 0.15) is 0 Å². The molecule has 9 heteroatoms. The number of aromatic nitrogens is 2. The van der Waals surface area contributed by atoms with Crippen LogP contribution in [0, 0.1) is 0 Å². The van der Waals surface area contributed by atoms with Gasteiger partial charge in [-0.1, -0.05) is 47.6 Å². The number of anilines is 1. The van der Waals surface area contributed by atoms with E-state index in [0.717, 1.165) is 48.8 Å². The molecule has 1 aliphatic carbocycles. The maximum absolute atomic E-state index is 13.3. The molecular formula is C22H19ClF3N3OS. The summed E-state index contributed by atoms with van der Waals surface area (Å²) < 4.78 is 41.9. The van der Waals surface area contributed by atoms with E-state index in [9.17, 15) is 18.0 Å². The van der Waals surface area contributed by atoms with Gasteiger partial charge in [0.25, 0.3) is 0 Å². The first-order chi connectivity index (χ1) is 14.8. The van der Waals surface area contributed by atoms with Crippen LogP contribution >= 0.6 is 23.4 Å². The second kappa shape index (κ2) is 8.96. The molecule has 4 nitrogen and oxygen atoms in total. The molecule has 0 aliphatic heterocycles. The van der Waals surface area contributed by atoms with Gasteiger partial charge >= 0.3 is 6.18 Å². The fourth-order valence-electron chi connectivity index (χ4n) is 3.65. The number of fused-ring (bicyclic) bond motifs is 1. The van der Waals surface area contributed by atoms with E-state index in [1.165, 1.54) is 23.9 Å². The van der Waals surface area contributed by atoms with Crippen molar-refractivity contribution in [3.63, 3.8) is 0 Å². The van der Waals surface area contributed by atoms with Gasteiger partial charge in [-0.15, -0.1) is 0 Å². The highest BCUT2D eigenvalue weighted by Crippen LogP contribution is 2.38. The highest BCUT2D eigenvalue weighted by atomic mass is 35.5. The zero-order chi connectivity index (χ0) is 22.0. The Morgan fingerprint density at radius 2 is 1.84 bits per heavy atom. The quantitative estimate of drug-likeness (QED) is 0.459. The molecular weight excluding hydrogens is 447 g/mol. The highest BCUT2D eigenvalue weighted by Gasteiger charge is 2.34. The Labute approximate surface area is 186 Å². The third-order valence-electron chi connectivity index (χ3n) is 5.03. The van der Waals surface area contributed by atoms with Crippen molar-refractivity contribution in [3.05, 3.63) is 70.5 Å². The lowest BCUT2D eigenvalue weighted by Gasteiger charge is -2.16. The van der Waals surface area contributed by atoms with Crippen molar-refractivity contribution < 1.29 is 18.0 Å². The Morgan fingerprint density at radius 1 is 1.10 bits per heavy atom. The summed E-state index contributed by atoms with van der Waals surface area (Å²) >= 11 is 7.13. The summed E-state index contributed by atoms with van der Waals surface area (Å²) in [5, 5.41) is 2.83. The SMILES string of the molecule is O=C(CSc1nc2c(n1-c1ccccc1)CCCC2)Nc1c(Cl)cccc1C(F)(F)F. The van der Waals surface area contributed by atoms with Crippen molar-refractivity contribution in [1.82, 2.24) is 9.55 Å². The smallest absolute Gasteiger partial charge is 0.324 e. The van der Waals surface area contributed by atoms with E-state index in [1.807, 2.05) is 34.9 Å². The van der Waals surface area contributed by atoms with E-state index in [4.69, 9.17) is 16.6 Å². The largest absolute Gasteiger partial charge is 0.418 e. The lowest BCUT2D eigenvalue weighted by Crippen LogP contribution is -2.19. The van der Waals surface area contributed by atoms with Crippen molar-refractivity contribution in [3.8, 4) is 5.69 Å². The number of hydrogen-bond donors (Lipinski definition) is 1. The number of carbonyl (C=O) groups excluding carboxylic acids is 1. The fraction of sp³-hybridized carbons (Fsp3) is 0.273. The lowest BCUT2D eigenvalue weighted by atomic mass is 10.0. The molecule has 2 aromatic carbocycles. The summed E-state index contributed by atoms with van der Waals surface area (Å²) in [6, 6.07) is 13.1. The van der Waals surface area contributed by atoms with Gasteiger partial charge in [0.15, 0.2) is 5.16 Å². The van der Waals surface area contributed by atoms with Crippen molar-refractivity contribution in [2.45, 2.75) is 37.0 Å². The summed E-state index contributed by atoms with van der Waals surface area (Å²) in [6.45, 7) is 0. The second-order valence-corrected chi connectivity index (χ2v) is 8.51. The number of nitrogens with one attached hydrogen (secondary N) is 1. The monoisotopic (exact) mass is 465 g/mol. The number of benzene rings is 2. The molecule has 31 heavy (non-hydrogen) atoms. The maximum atomic E-state index is 13.3. The van der Waals surface area contributed by atoms with E-state index in [2.05, 4.69) is 5.32 Å². The van der Waals surface area contributed by atoms with Crippen LogP contribution < -0.4 is 5.32 Å². The Kier molecular flexibility index (Phi) is 6.29. The molecule has 0 bridgehead atoms. The van der Waals surface area contributed by atoms with Gasteiger partial charge in [-0.3, -0.25) is 9.36 Å². The average Bonchev–Trinajstić information content (AvgIpc) is 3.12. The first-order valence-corrected chi connectivity index (χ1v) is 11.1. The molecule has 162 valence electrons. The molecule has 0 saturated carbocycles. The number of hydrogen-bond acceptors (Lipinski definition) is 3. The van der Waals surface area contributed by atoms with Crippen LogP contribution in [-0.2, 0) is 23.8 Å². The molecule has 0 fully saturated rings. The molecule has 0 atom stereocenters. The van der Waals surface area contributed by atoms with Crippen LogP contribution in [0.4, 0.5) is 18.9 Å². The summed E-state index contributed by atoms with van der Waals surface area (Å²) in [6.07, 6.45) is -0.704. The Balaban J connectivity index is 1.56. The van der Waals surface area contributed by atoms with E-state index >= 15 is 0 Å². The standard InChI is InChI=1S/C22H19ClF3N3OS/c23-16-10-6-9-15(22(24,25)26)20(16)28-19(30)13-31-21-27-17-11-4-5-12-18(17)29(21)14-7-2-1-3-8-14/h1-3,6-10H,4-5,11-13H2,(H,28,30). The molecule has 0 unspecified atom stereocenters. The number of para-hydroxylation sites is 2. The van der Waals surface area contributed by atoms with Crippen LogP contribution in [0.25, 0.3) is 5.69 Å². The zero-order valence-electron chi connectivity index (χ0n) is 16.4. The average molecular weight is 466 g/mol. The topological polar surface area (TPSA) is 46.9 Å². The van der Waals surface area contributed by atoms with Gasteiger partial charge < -0.3 is 5.32 Å². The molecule has 1 heterocycles. The van der Waals surface area contributed by atoms with Gasteiger partial charge in [0, 0.05) is 11.4 Å². The number of aryl methyl sites for hydroxylation is 1. The van der Waals surface area contributed by atoms with Crippen LogP contribution in [0.1, 0.15) is 29.8 Å². The summed E-state index contributed by atoms with van der Waals surface area (Å²) in [7, 11) is 0. The third kappa shape index (κ3) is 4.75. The van der Waals surface area contributed by atoms with Crippen LogP contribution in [-0.4, -0.2) is 21.2 Å². The molecule has 0 saturated heterocycles. The Morgan fingerprint density at radius 3 is 2.58 bits per heavy atom. The lowest BCUT2D eigenvalue weighted by molar-refractivity contribution is -0.137. The number of thioether (sulfide) groups is 1. The van der Waals surface area contributed by atoms with Crippen LogP contribution in [0.5, 0.6) is 0 Å². The number of nitrogens with zero attached hydrogens (tertiary/aromatic N) is 2. The Bertz CT molecular complexity index is 1100. The predicted octanol–water partition coefficient (Wildman–Crippen LogP) is 6.15. The molecule has 1 aliphatic rings. The number of alkyl halides is 3. The number of halogens is 4. The predicted molar refractivity (Wildman–Crippen MR) is 116 cm³/mol. The summed E-state index contributed by atoms with van der Waals surface area (Å²) in [4.78, 5) is 17.2. The zero-order valence-corrected chi connectivity index (χ0v) is 17.9. The van der Waals surface area contributed by atoms with Gasteiger partial charge in [-0.05, 0) is 49.9 Å². The summed E-state index contributed by atoms with van der Waals surface area (Å²) in [5.74, 6) is -0.671. The molecule has 0 spiro atoms. The minimum absolute atomic E-state index is 0.0920. The first kappa shape index (κ1) is 21.8. The van der Waals surface area contributed by atoms with E-state index in [-0.39, 0.29) is 10.8 Å². The second-order valence-electron chi connectivity index (χ2n) is 7.16. The Hall–Kier alpha value is -2.45. The number of rotatable bonds is 5. The molecule has 4 rings (SSSR count). The van der Waals surface area contributed by atoms with Gasteiger partial charge in [0.05, 0.1) is 27.7 Å². The molecule has 1 aromatic heterocycles. The van der Waals surface area contributed by atoms with Gasteiger partial charge in [-0.2, -0.15) is 13.2 Å². The first-order valence-electron chi connectivity index (χ1n) is 9.79. The van der Waals surface area contributed by atoms with E-state index < -0.39 is 23.3 Å². The minimum atomic E-state index is -4.62. The van der Waals surface area contributed by atoms with Crippen molar-refractivity contribution >= 4 is 35.0 Å². The van der Waals surface area contributed by atoms with Crippen LogP contribution in [0.3, 0.4) is 0 Å². The number of carbonyl (C=O) groups is 1. The number of amides is 1. The van der Waals surface area contributed by atoms with E-state index in [1.54, 1.807) is 0 Å². The maximum Gasteiger partial charge on any atom is 0.418 e. The molecule has 1 amide bonds. The molecule has 1 N–H and O–H groups in total. The van der Waals surface area contributed by atoms with Crippen molar-refractivity contribution in [2.24, 2.45) is 0 Å². The fourth-order valence-corrected chi connectivity index (χ4v) is 4.72.